The van der Waals surface area contributed by atoms with E-state index in [9.17, 15) is 4.79 Å². The van der Waals surface area contributed by atoms with Crippen LogP contribution in [0.1, 0.15) is 29.0 Å². The van der Waals surface area contributed by atoms with Crippen molar-refractivity contribution in [2.75, 3.05) is 7.11 Å². The van der Waals surface area contributed by atoms with Gasteiger partial charge in [0.05, 0.1) is 13.5 Å². The van der Waals surface area contributed by atoms with Gasteiger partial charge in [-0.3, -0.25) is 4.79 Å². The van der Waals surface area contributed by atoms with Gasteiger partial charge in [-0.15, -0.1) is 0 Å². The van der Waals surface area contributed by atoms with Crippen molar-refractivity contribution < 1.29 is 9.53 Å². The molecule has 3 aromatic rings. The summed E-state index contributed by atoms with van der Waals surface area (Å²) in [5.74, 6) is -0.364. The van der Waals surface area contributed by atoms with Crippen LogP contribution in [-0.2, 0) is 9.53 Å². The second-order valence-electron chi connectivity index (χ2n) is 6.25. The van der Waals surface area contributed by atoms with E-state index in [1.807, 2.05) is 60.7 Å². The Morgan fingerprint density at radius 2 is 1.41 bits per heavy atom. The van der Waals surface area contributed by atoms with Gasteiger partial charge in [-0.1, -0.05) is 90.5 Å². The maximum Gasteiger partial charge on any atom is 0.306 e. The smallest absolute Gasteiger partial charge is 0.306 e. The van der Waals surface area contributed by atoms with Crippen LogP contribution in [0.15, 0.2) is 91.0 Å². The summed E-state index contributed by atoms with van der Waals surface area (Å²) in [6.07, 6.45) is 2.41. The first-order chi connectivity index (χ1) is 13.2. The van der Waals surface area contributed by atoms with E-state index < -0.39 is 0 Å². The lowest BCUT2D eigenvalue weighted by atomic mass is 9.88. The van der Waals surface area contributed by atoms with Crippen LogP contribution in [0, 0.1) is 0 Å². The molecule has 0 radical (unpaired) electrons. The minimum Gasteiger partial charge on any atom is -0.469 e. The van der Waals surface area contributed by atoms with Crippen molar-refractivity contribution in [3.8, 4) is 0 Å². The second-order valence-corrected chi connectivity index (χ2v) is 6.69. The molecule has 0 saturated heterocycles. The number of allylic oxidation sites excluding steroid dienone is 1. The van der Waals surface area contributed by atoms with Crippen LogP contribution in [0.3, 0.4) is 0 Å². The van der Waals surface area contributed by atoms with E-state index in [2.05, 4.69) is 30.3 Å². The van der Waals surface area contributed by atoms with Crippen molar-refractivity contribution in [1.29, 1.82) is 0 Å². The summed E-state index contributed by atoms with van der Waals surface area (Å²) in [5, 5.41) is 0.672. The van der Waals surface area contributed by atoms with Crippen molar-refractivity contribution >= 4 is 23.1 Å². The van der Waals surface area contributed by atoms with E-state index in [4.69, 9.17) is 16.3 Å². The van der Waals surface area contributed by atoms with Crippen molar-refractivity contribution in [2.24, 2.45) is 0 Å². The molecule has 0 spiro atoms. The van der Waals surface area contributed by atoms with Crippen LogP contribution in [-0.4, -0.2) is 13.1 Å². The molecule has 27 heavy (non-hydrogen) atoms. The lowest BCUT2D eigenvalue weighted by Gasteiger charge is -2.16. The van der Waals surface area contributed by atoms with E-state index in [1.165, 1.54) is 7.11 Å². The molecule has 0 aliphatic rings. The second kappa shape index (κ2) is 9.20. The minimum atomic E-state index is -0.244. The van der Waals surface area contributed by atoms with Crippen LogP contribution >= 0.6 is 11.6 Å². The molecule has 0 N–H and O–H groups in total. The molecule has 2 nitrogen and oxygen atoms in total. The van der Waals surface area contributed by atoms with E-state index >= 15 is 0 Å². The van der Waals surface area contributed by atoms with Gasteiger partial charge in [0.1, 0.15) is 0 Å². The number of hydrogen-bond acceptors (Lipinski definition) is 2. The number of rotatable bonds is 6. The maximum atomic E-state index is 12.0. The quantitative estimate of drug-likeness (QED) is 0.484. The fourth-order valence-corrected chi connectivity index (χ4v) is 3.17. The molecular weight excluding hydrogens is 356 g/mol. The molecule has 0 heterocycles. The first-order valence-electron chi connectivity index (χ1n) is 8.82. The number of benzene rings is 3. The number of carbonyl (C=O) groups is 1. The fraction of sp³-hybridized carbons (Fsp3) is 0.125. The van der Waals surface area contributed by atoms with Crippen LogP contribution in [0.2, 0.25) is 5.02 Å². The number of carbonyl (C=O) groups excluding carboxylic acids is 1. The van der Waals surface area contributed by atoms with Crippen molar-refractivity contribution in [1.82, 2.24) is 0 Å². The third kappa shape index (κ3) is 5.08. The Morgan fingerprint density at radius 3 is 1.89 bits per heavy atom. The standard InChI is InChI=1S/C24H21ClO2/c1-27-24(26)17-21(18-12-14-22(25)15-13-18)16-23(19-8-4-2-5-9-19)20-10-6-3-7-11-20/h2-16,21H,17H2,1H3. The van der Waals surface area contributed by atoms with E-state index in [0.717, 1.165) is 22.3 Å². The van der Waals surface area contributed by atoms with Gasteiger partial charge in [0.2, 0.25) is 0 Å². The van der Waals surface area contributed by atoms with Crippen molar-refractivity contribution in [3.05, 3.63) is 113 Å². The zero-order valence-corrected chi connectivity index (χ0v) is 15.9. The van der Waals surface area contributed by atoms with Crippen LogP contribution in [0.5, 0.6) is 0 Å². The highest BCUT2D eigenvalue weighted by molar-refractivity contribution is 6.30. The van der Waals surface area contributed by atoms with Crippen LogP contribution in [0.4, 0.5) is 0 Å². The average Bonchev–Trinajstić information content (AvgIpc) is 2.73. The topological polar surface area (TPSA) is 26.3 Å². The lowest BCUT2D eigenvalue weighted by Crippen LogP contribution is -2.08. The average molecular weight is 377 g/mol. The Balaban J connectivity index is 2.10. The predicted octanol–water partition coefficient (Wildman–Crippen LogP) is 6.12. The molecule has 3 heteroatoms. The Kier molecular flexibility index (Phi) is 6.45. The molecule has 0 fully saturated rings. The molecule has 0 bridgehead atoms. The third-order valence-corrected chi connectivity index (χ3v) is 4.70. The Hall–Kier alpha value is -2.84. The summed E-state index contributed by atoms with van der Waals surface area (Å²) in [6, 6.07) is 28.0. The summed E-state index contributed by atoms with van der Waals surface area (Å²) >= 11 is 6.04. The molecule has 0 aromatic heterocycles. The zero-order chi connectivity index (χ0) is 19.1. The monoisotopic (exact) mass is 376 g/mol. The number of hydrogen-bond donors (Lipinski definition) is 0. The van der Waals surface area contributed by atoms with E-state index in [1.54, 1.807) is 0 Å². The van der Waals surface area contributed by atoms with Crippen molar-refractivity contribution in [3.63, 3.8) is 0 Å². The van der Waals surface area contributed by atoms with Gasteiger partial charge in [-0.05, 0) is 34.4 Å². The van der Waals surface area contributed by atoms with Gasteiger partial charge in [0.25, 0.3) is 0 Å². The van der Waals surface area contributed by atoms with Gasteiger partial charge in [0.15, 0.2) is 0 Å². The molecule has 0 aliphatic heterocycles. The highest BCUT2D eigenvalue weighted by Gasteiger charge is 2.17. The normalized spacial score (nSPS) is 11.5. The van der Waals surface area contributed by atoms with Gasteiger partial charge >= 0.3 is 5.97 Å². The number of halogens is 1. The Morgan fingerprint density at radius 1 is 0.889 bits per heavy atom. The molecular formula is C24H21ClO2. The third-order valence-electron chi connectivity index (χ3n) is 4.45. The molecule has 0 saturated carbocycles. The first kappa shape index (κ1) is 18.9. The van der Waals surface area contributed by atoms with E-state index in [-0.39, 0.29) is 18.3 Å². The van der Waals surface area contributed by atoms with Gasteiger partial charge in [0, 0.05) is 10.9 Å². The van der Waals surface area contributed by atoms with Crippen molar-refractivity contribution in [2.45, 2.75) is 12.3 Å². The summed E-state index contributed by atoms with van der Waals surface area (Å²) in [4.78, 5) is 12.0. The maximum absolute atomic E-state index is 12.0. The number of esters is 1. The van der Waals surface area contributed by atoms with Crippen LogP contribution in [0.25, 0.3) is 5.57 Å². The number of methoxy groups -OCH3 is 1. The first-order valence-corrected chi connectivity index (χ1v) is 9.20. The highest BCUT2D eigenvalue weighted by atomic mass is 35.5. The van der Waals surface area contributed by atoms with E-state index in [0.29, 0.717) is 5.02 Å². The molecule has 1 unspecified atom stereocenters. The predicted molar refractivity (Wildman–Crippen MR) is 111 cm³/mol. The summed E-state index contributed by atoms with van der Waals surface area (Å²) < 4.78 is 4.92. The zero-order valence-electron chi connectivity index (χ0n) is 15.1. The Labute approximate surface area is 165 Å². The summed E-state index contributed by atoms with van der Waals surface area (Å²) in [7, 11) is 1.42. The molecule has 0 amide bonds. The van der Waals surface area contributed by atoms with Gasteiger partial charge in [-0.25, -0.2) is 0 Å². The molecule has 1 atom stereocenters. The molecule has 3 aromatic carbocycles. The number of ether oxygens (including phenoxy) is 1. The Bertz CT molecular complexity index is 859. The summed E-state index contributed by atoms with van der Waals surface area (Å²) in [5.41, 5.74) is 4.31. The molecule has 136 valence electrons. The fourth-order valence-electron chi connectivity index (χ4n) is 3.04. The minimum absolute atomic E-state index is 0.120. The van der Waals surface area contributed by atoms with Gasteiger partial charge in [-0.2, -0.15) is 0 Å². The van der Waals surface area contributed by atoms with Crippen LogP contribution < -0.4 is 0 Å². The largest absolute Gasteiger partial charge is 0.469 e. The SMILES string of the molecule is COC(=O)CC(C=C(c1ccccc1)c1ccccc1)c1ccc(Cl)cc1. The molecule has 3 rings (SSSR count). The highest BCUT2D eigenvalue weighted by Crippen LogP contribution is 2.31. The van der Waals surface area contributed by atoms with Gasteiger partial charge < -0.3 is 4.74 Å². The lowest BCUT2D eigenvalue weighted by molar-refractivity contribution is -0.140. The summed E-state index contributed by atoms with van der Waals surface area (Å²) in [6.45, 7) is 0. The molecule has 0 aliphatic carbocycles.